The minimum atomic E-state index is -3.75. The molecule has 1 aromatic heterocycles. The van der Waals surface area contributed by atoms with Crippen LogP contribution in [-0.4, -0.2) is 30.4 Å². The fourth-order valence-corrected chi connectivity index (χ4v) is 2.86. The van der Waals surface area contributed by atoms with Crippen molar-refractivity contribution in [3.05, 3.63) is 54.7 Å². The molecule has 0 aliphatic heterocycles. The van der Waals surface area contributed by atoms with Crippen LogP contribution >= 0.6 is 0 Å². The summed E-state index contributed by atoms with van der Waals surface area (Å²) in [5, 5.41) is 19.5. The Morgan fingerprint density at radius 3 is 2.42 bits per heavy atom. The van der Waals surface area contributed by atoms with Gasteiger partial charge in [0.1, 0.15) is 11.5 Å². The van der Waals surface area contributed by atoms with E-state index in [9.17, 15) is 13.5 Å². The summed E-state index contributed by atoms with van der Waals surface area (Å²) in [6.45, 7) is 0. The van der Waals surface area contributed by atoms with Crippen LogP contribution in [0.3, 0.4) is 0 Å². The van der Waals surface area contributed by atoms with E-state index in [2.05, 4.69) is 5.10 Å². The van der Waals surface area contributed by atoms with Crippen LogP contribution in [0.15, 0.2) is 59.6 Å². The summed E-state index contributed by atoms with van der Waals surface area (Å²) in [6.07, 6.45) is 1.59. The van der Waals surface area contributed by atoms with E-state index in [0.29, 0.717) is 22.7 Å². The lowest BCUT2D eigenvalue weighted by Gasteiger charge is -2.10. The Morgan fingerprint density at radius 2 is 1.83 bits per heavy atom. The van der Waals surface area contributed by atoms with E-state index in [0.717, 1.165) is 0 Å². The first kappa shape index (κ1) is 16.0. The molecule has 0 amide bonds. The summed E-state index contributed by atoms with van der Waals surface area (Å²) in [7, 11) is -2.23. The quantitative estimate of drug-likeness (QED) is 0.751. The molecule has 0 bridgehead atoms. The number of methoxy groups -OCH3 is 1. The van der Waals surface area contributed by atoms with Crippen molar-refractivity contribution in [2.45, 2.75) is 4.90 Å². The molecule has 24 heavy (non-hydrogen) atoms. The highest BCUT2D eigenvalue weighted by atomic mass is 32.2. The molecule has 0 saturated carbocycles. The van der Waals surface area contributed by atoms with Crippen LogP contribution in [0.1, 0.15) is 0 Å². The molecule has 0 spiro atoms. The van der Waals surface area contributed by atoms with Gasteiger partial charge in [-0.3, -0.25) is 0 Å². The Kier molecular flexibility index (Phi) is 4.00. The van der Waals surface area contributed by atoms with Gasteiger partial charge in [0.2, 0.25) is 10.0 Å². The van der Waals surface area contributed by atoms with Crippen molar-refractivity contribution < 1.29 is 18.3 Å². The molecule has 0 aliphatic carbocycles. The third-order valence-electron chi connectivity index (χ3n) is 3.53. The van der Waals surface area contributed by atoms with Crippen LogP contribution < -0.4 is 9.88 Å². The highest BCUT2D eigenvalue weighted by Gasteiger charge is 2.13. The first-order chi connectivity index (χ1) is 11.4. The number of nitrogens with two attached hydrogens (primary N) is 1. The van der Waals surface area contributed by atoms with Crippen molar-refractivity contribution in [2.75, 3.05) is 7.11 Å². The van der Waals surface area contributed by atoms with Gasteiger partial charge >= 0.3 is 0 Å². The molecule has 0 unspecified atom stereocenters. The topological polar surface area (TPSA) is 107 Å². The predicted octanol–water partition coefficient (Wildman–Crippen LogP) is 1.90. The Morgan fingerprint density at radius 1 is 1.12 bits per heavy atom. The second-order valence-electron chi connectivity index (χ2n) is 5.05. The third kappa shape index (κ3) is 2.97. The Hall–Kier alpha value is -2.84. The second-order valence-corrected chi connectivity index (χ2v) is 6.61. The number of benzene rings is 2. The third-order valence-corrected chi connectivity index (χ3v) is 4.46. The van der Waals surface area contributed by atoms with Crippen LogP contribution in [0.25, 0.3) is 16.9 Å². The van der Waals surface area contributed by atoms with E-state index in [4.69, 9.17) is 9.88 Å². The van der Waals surface area contributed by atoms with Crippen molar-refractivity contribution >= 4 is 10.0 Å². The molecule has 8 heteroatoms. The minimum Gasteiger partial charge on any atom is -0.507 e. The van der Waals surface area contributed by atoms with E-state index < -0.39 is 10.0 Å². The monoisotopic (exact) mass is 345 g/mol. The van der Waals surface area contributed by atoms with E-state index in [1.54, 1.807) is 41.2 Å². The standard InChI is InChI=1S/C16H15N3O4S/c1-23-12-4-7-14(16(20)10-12)15-8-9-18-19(15)11-2-5-13(6-3-11)24(17,21)22/h2-10,20H,1H3,(H2,17,21,22). The van der Waals surface area contributed by atoms with Crippen molar-refractivity contribution in [1.82, 2.24) is 9.78 Å². The van der Waals surface area contributed by atoms with Crippen LogP contribution in [0.2, 0.25) is 0 Å². The fraction of sp³-hybridized carbons (Fsp3) is 0.0625. The van der Waals surface area contributed by atoms with Gasteiger partial charge < -0.3 is 9.84 Å². The number of sulfonamides is 1. The summed E-state index contributed by atoms with van der Waals surface area (Å²) in [4.78, 5) is 0.0206. The maximum atomic E-state index is 11.3. The predicted molar refractivity (Wildman–Crippen MR) is 88.6 cm³/mol. The number of aromatic nitrogens is 2. The summed E-state index contributed by atoms with van der Waals surface area (Å²) in [5.41, 5.74) is 1.86. The number of rotatable bonds is 4. The van der Waals surface area contributed by atoms with Crippen LogP contribution in [0, 0.1) is 0 Å². The molecular formula is C16H15N3O4S. The molecule has 124 valence electrons. The van der Waals surface area contributed by atoms with Crippen LogP contribution in [-0.2, 0) is 10.0 Å². The summed E-state index contributed by atoms with van der Waals surface area (Å²) in [5.74, 6) is 0.595. The molecular weight excluding hydrogens is 330 g/mol. The van der Waals surface area contributed by atoms with Gasteiger partial charge in [-0.15, -0.1) is 0 Å². The van der Waals surface area contributed by atoms with Crippen molar-refractivity contribution in [3.8, 4) is 28.4 Å². The summed E-state index contributed by atoms with van der Waals surface area (Å²) >= 11 is 0. The zero-order chi connectivity index (χ0) is 17.3. The van der Waals surface area contributed by atoms with Gasteiger partial charge in [0.05, 0.1) is 29.6 Å². The molecule has 1 heterocycles. The van der Waals surface area contributed by atoms with E-state index in [-0.39, 0.29) is 10.6 Å². The van der Waals surface area contributed by atoms with E-state index >= 15 is 0 Å². The Balaban J connectivity index is 2.05. The first-order valence-corrected chi connectivity index (χ1v) is 8.49. The average Bonchev–Trinajstić information content (AvgIpc) is 3.03. The highest BCUT2D eigenvalue weighted by molar-refractivity contribution is 7.89. The zero-order valence-corrected chi connectivity index (χ0v) is 13.6. The number of hydrogen-bond donors (Lipinski definition) is 2. The molecule has 3 rings (SSSR count). The van der Waals surface area contributed by atoms with Crippen LogP contribution in [0.5, 0.6) is 11.5 Å². The maximum absolute atomic E-state index is 11.3. The molecule has 0 fully saturated rings. The molecule has 0 aliphatic rings. The lowest BCUT2D eigenvalue weighted by Crippen LogP contribution is -2.12. The van der Waals surface area contributed by atoms with Gasteiger partial charge in [0.15, 0.2) is 0 Å². The molecule has 2 aromatic carbocycles. The zero-order valence-electron chi connectivity index (χ0n) is 12.7. The largest absolute Gasteiger partial charge is 0.507 e. The van der Waals surface area contributed by atoms with Gasteiger partial charge in [-0.05, 0) is 42.5 Å². The van der Waals surface area contributed by atoms with Crippen molar-refractivity contribution in [2.24, 2.45) is 5.14 Å². The van der Waals surface area contributed by atoms with Gasteiger partial charge in [-0.25, -0.2) is 18.2 Å². The normalized spacial score (nSPS) is 11.4. The summed E-state index contributed by atoms with van der Waals surface area (Å²) in [6, 6.07) is 12.7. The van der Waals surface area contributed by atoms with E-state index in [1.807, 2.05) is 0 Å². The summed E-state index contributed by atoms with van der Waals surface area (Å²) < 4.78 is 29.3. The Labute approximate surface area is 139 Å². The molecule has 3 aromatic rings. The number of ether oxygens (including phenoxy) is 1. The average molecular weight is 345 g/mol. The molecule has 7 nitrogen and oxygen atoms in total. The first-order valence-electron chi connectivity index (χ1n) is 6.95. The number of aromatic hydroxyl groups is 1. The fourth-order valence-electron chi connectivity index (χ4n) is 2.35. The SMILES string of the molecule is COc1ccc(-c2ccnn2-c2ccc(S(N)(=O)=O)cc2)c(O)c1. The van der Waals surface area contributed by atoms with Gasteiger partial charge in [0, 0.05) is 11.6 Å². The number of nitrogens with zero attached hydrogens (tertiary/aromatic N) is 2. The minimum absolute atomic E-state index is 0.0206. The van der Waals surface area contributed by atoms with Gasteiger partial charge in [0.25, 0.3) is 0 Å². The number of phenolic OH excluding ortho intramolecular Hbond substituents is 1. The molecule has 3 N–H and O–H groups in total. The van der Waals surface area contributed by atoms with Crippen LogP contribution in [0.4, 0.5) is 0 Å². The molecule has 0 atom stereocenters. The number of phenols is 1. The second kappa shape index (κ2) is 5.99. The highest BCUT2D eigenvalue weighted by Crippen LogP contribution is 2.33. The Bertz CT molecular complexity index is 979. The van der Waals surface area contributed by atoms with Gasteiger partial charge in [-0.2, -0.15) is 5.10 Å². The van der Waals surface area contributed by atoms with Gasteiger partial charge in [-0.1, -0.05) is 0 Å². The lowest BCUT2D eigenvalue weighted by atomic mass is 10.1. The van der Waals surface area contributed by atoms with Crippen molar-refractivity contribution in [3.63, 3.8) is 0 Å². The number of primary sulfonamides is 1. The lowest BCUT2D eigenvalue weighted by molar-refractivity contribution is 0.408. The maximum Gasteiger partial charge on any atom is 0.238 e. The molecule has 0 saturated heterocycles. The van der Waals surface area contributed by atoms with E-state index in [1.165, 1.54) is 25.3 Å². The smallest absolute Gasteiger partial charge is 0.238 e. The van der Waals surface area contributed by atoms with Crippen molar-refractivity contribution in [1.29, 1.82) is 0 Å². The number of hydrogen-bond acceptors (Lipinski definition) is 5. The molecule has 0 radical (unpaired) electrons.